The number of nitriles is 1. The van der Waals surface area contributed by atoms with Gasteiger partial charge in [-0.25, -0.2) is 0 Å². The van der Waals surface area contributed by atoms with Gasteiger partial charge in [0.05, 0.1) is 0 Å². The highest BCUT2D eigenvalue weighted by Gasteiger charge is 2.13. The maximum atomic E-state index is 9.03. The molecule has 0 saturated heterocycles. The summed E-state index contributed by atoms with van der Waals surface area (Å²) in [4.78, 5) is 0. The zero-order chi connectivity index (χ0) is 14.8. The summed E-state index contributed by atoms with van der Waals surface area (Å²) in [6, 6.07) is 10.1. The van der Waals surface area contributed by atoms with Gasteiger partial charge in [0.15, 0.2) is 11.5 Å². The Morgan fingerprint density at radius 2 is 2.05 bits per heavy atom. The van der Waals surface area contributed by atoms with Crippen molar-refractivity contribution in [2.24, 2.45) is 7.05 Å². The molecule has 2 aromatic rings. The van der Waals surface area contributed by atoms with Gasteiger partial charge in [0, 0.05) is 25.8 Å². The summed E-state index contributed by atoms with van der Waals surface area (Å²) in [6.45, 7) is 3.80. The molecule has 108 valence electrons. The molecule has 3 rings (SSSR count). The maximum Gasteiger partial charge on any atom is 0.231 e. The average molecular weight is 283 g/mol. The Labute approximate surface area is 123 Å². The molecule has 0 saturated carbocycles. The molecule has 0 atom stereocenters. The Morgan fingerprint density at radius 3 is 2.81 bits per heavy atom. The second kappa shape index (κ2) is 5.51. The fourth-order valence-corrected chi connectivity index (χ4v) is 2.44. The van der Waals surface area contributed by atoms with E-state index in [4.69, 9.17) is 14.7 Å². The topological polar surface area (TPSA) is 59.2 Å². The average Bonchev–Trinajstić information content (AvgIpc) is 3.06. The Bertz CT molecular complexity index is 713. The number of benzene rings is 1. The van der Waals surface area contributed by atoms with Gasteiger partial charge in [-0.1, -0.05) is 6.07 Å². The number of hydrogen-bond donors (Lipinski definition) is 1. The molecule has 1 aromatic carbocycles. The Kier molecular flexibility index (Phi) is 3.55. The minimum absolute atomic E-state index is 0.298. The van der Waals surface area contributed by atoms with Crippen molar-refractivity contribution in [1.82, 2.24) is 9.88 Å². The summed E-state index contributed by atoms with van der Waals surface area (Å²) in [5, 5.41) is 12.4. The van der Waals surface area contributed by atoms with Crippen LogP contribution in [0.4, 0.5) is 0 Å². The van der Waals surface area contributed by atoms with E-state index in [1.54, 1.807) is 0 Å². The molecule has 1 aromatic heterocycles. The first-order chi connectivity index (χ1) is 10.2. The van der Waals surface area contributed by atoms with E-state index in [0.717, 1.165) is 41.4 Å². The molecule has 1 aliphatic rings. The zero-order valence-corrected chi connectivity index (χ0v) is 12.1. The van der Waals surface area contributed by atoms with Gasteiger partial charge in [0.1, 0.15) is 11.8 Å². The van der Waals surface area contributed by atoms with E-state index in [9.17, 15) is 0 Å². The minimum Gasteiger partial charge on any atom is -0.454 e. The van der Waals surface area contributed by atoms with Crippen molar-refractivity contribution in [3.05, 3.63) is 46.8 Å². The smallest absolute Gasteiger partial charge is 0.231 e. The molecule has 0 aliphatic carbocycles. The quantitative estimate of drug-likeness (QED) is 0.934. The molecule has 21 heavy (non-hydrogen) atoms. The first-order valence-corrected chi connectivity index (χ1v) is 6.83. The molecule has 0 unspecified atom stereocenters. The largest absolute Gasteiger partial charge is 0.454 e. The highest BCUT2D eigenvalue weighted by Crippen LogP contribution is 2.32. The zero-order valence-electron chi connectivity index (χ0n) is 12.1. The third-order valence-corrected chi connectivity index (χ3v) is 3.84. The number of aromatic nitrogens is 1. The van der Waals surface area contributed by atoms with E-state index in [1.807, 2.05) is 42.8 Å². The number of hydrogen-bond acceptors (Lipinski definition) is 4. The van der Waals surface area contributed by atoms with Crippen LogP contribution in [-0.2, 0) is 20.1 Å². The van der Waals surface area contributed by atoms with Crippen molar-refractivity contribution in [3.8, 4) is 17.6 Å². The van der Waals surface area contributed by atoms with Gasteiger partial charge < -0.3 is 19.4 Å². The summed E-state index contributed by atoms with van der Waals surface area (Å²) >= 11 is 0. The van der Waals surface area contributed by atoms with Gasteiger partial charge in [-0.3, -0.25) is 0 Å². The fraction of sp³-hybridized carbons (Fsp3) is 0.312. The molecule has 2 heterocycles. The minimum atomic E-state index is 0.298. The third kappa shape index (κ3) is 2.58. The van der Waals surface area contributed by atoms with E-state index in [-0.39, 0.29) is 0 Å². The van der Waals surface area contributed by atoms with Gasteiger partial charge >= 0.3 is 0 Å². The summed E-state index contributed by atoms with van der Waals surface area (Å²) in [5.74, 6) is 1.60. The second-order valence-electron chi connectivity index (χ2n) is 5.10. The Morgan fingerprint density at radius 1 is 1.24 bits per heavy atom. The van der Waals surface area contributed by atoms with Gasteiger partial charge in [-0.2, -0.15) is 5.26 Å². The second-order valence-corrected chi connectivity index (χ2v) is 5.10. The first kappa shape index (κ1) is 13.5. The van der Waals surface area contributed by atoms with Crippen molar-refractivity contribution in [3.63, 3.8) is 0 Å². The molecule has 1 N–H and O–H groups in total. The molecule has 0 spiro atoms. The Hall–Kier alpha value is -2.45. The molecule has 0 radical (unpaired) electrons. The first-order valence-electron chi connectivity index (χ1n) is 6.83. The highest BCUT2D eigenvalue weighted by atomic mass is 16.7. The number of fused-ring (bicyclic) bond motifs is 1. The van der Waals surface area contributed by atoms with Crippen LogP contribution >= 0.6 is 0 Å². The lowest BCUT2D eigenvalue weighted by Gasteiger charge is -2.06. The number of ether oxygens (including phenoxy) is 2. The van der Waals surface area contributed by atoms with Gasteiger partial charge in [-0.15, -0.1) is 0 Å². The SMILES string of the molecule is Cc1c(CNCc2ccc3c(c2)OCO3)cc(C#N)n1C. The molecule has 5 nitrogen and oxygen atoms in total. The molecule has 1 aliphatic heterocycles. The summed E-state index contributed by atoms with van der Waals surface area (Å²) in [6.07, 6.45) is 0. The summed E-state index contributed by atoms with van der Waals surface area (Å²) in [5.41, 5.74) is 4.10. The molecular weight excluding hydrogens is 266 g/mol. The van der Waals surface area contributed by atoms with Crippen LogP contribution in [0.25, 0.3) is 0 Å². The van der Waals surface area contributed by atoms with Crippen LogP contribution in [0.15, 0.2) is 24.3 Å². The van der Waals surface area contributed by atoms with Crippen LogP contribution in [0, 0.1) is 18.3 Å². The van der Waals surface area contributed by atoms with Crippen LogP contribution in [0.1, 0.15) is 22.5 Å². The predicted molar refractivity (Wildman–Crippen MR) is 78.0 cm³/mol. The lowest BCUT2D eigenvalue weighted by molar-refractivity contribution is 0.174. The predicted octanol–water partition coefficient (Wildman–Crippen LogP) is 2.22. The van der Waals surface area contributed by atoms with Crippen LogP contribution in [-0.4, -0.2) is 11.4 Å². The number of nitrogens with zero attached hydrogens (tertiary/aromatic N) is 2. The van der Waals surface area contributed by atoms with E-state index in [0.29, 0.717) is 12.5 Å². The monoisotopic (exact) mass is 283 g/mol. The lowest BCUT2D eigenvalue weighted by atomic mass is 10.2. The maximum absolute atomic E-state index is 9.03. The lowest BCUT2D eigenvalue weighted by Crippen LogP contribution is -2.13. The van der Waals surface area contributed by atoms with E-state index in [1.165, 1.54) is 0 Å². The van der Waals surface area contributed by atoms with Crippen molar-refractivity contribution in [2.75, 3.05) is 6.79 Å². The normalized spacial score (nSPS) is 12.4. The fourth-order valence-electron chi connectivity index (χ4n) is 2.44. The molecule has 5 heteroatoms. The van der Waals surface area contributed by atoms with E-state index < -0.39 is 0 Å². The van der Waals surface area contributed by atoms with Gasteiger partial charge in [-0.05, 0) is 36.2 Å². The highest BCUT2D eigenvalue weighted by molar-refractivity contribution is 5.44. The Balaban J connectivity index is 1.63. The number of rotatable bonds is 4. The van der Waals surface area contributed by atoms with E-state index >= 15 is 0 Å². The third-order valence-electron chi connectivity index (χ3n) is 3.84. The molecule has 0 amide bonds. The van der Waals surface area contributed by atoms with E-state index in [2.05, 4.69) is 11.4 Å². The van der Waals surface area contributed by atoms with Crippen molar-refractivity contribution >= 4 is 0 Å². The molecule has 0 bridgehead atoms. The van der Waals surface area contributed by atoms with Crippen LogP contribution in [0.3, 0.4) is 0 Å². The van der Waals surface area contributed by atoms with Crippen LogP contribution < -0.4 is 14.8 Å². The van der Waals surface area contributed by atoms with Crippen molar-refractivity contribution < 1.29 is 9.47 Å². The molecular formula is C16H17N3O2. The summed E-state index contributed by atoms with van der Waals surface area (Å²) in [7, 11) is 1.91. The molecule has 0 fully saturated rings. The van der Waals surface area contributed by atoms with Crippen molar-refractivity contribution in [1.29, 1.82) is 5.26 Å². The van der Waals surface area contributed by atoms with Crippen molar-refractivity contribution in [2.45, 2.75) is 20.0 Å². The standard InChI is InChI=1S/C16H17N3O2/c1-11-13(6-14(7-17)19(11)2)9-18-8-12-3-4-15-16(5-12)21-10-20-15/h3-6,18H,8-10H2,1-2H3. The van der Waals surface area contributed by atoms with Gasteiger partial charge in [0.25, 0.3) is 0 Å². The van der Waals surface area contributed by atoms with Crippen LogP contribution in [0.5, 0.6) is 11.5 Å². The summed E-state index contributed by atoms with van der Waals surface area (Å²) < 4.78 is 12.6. The van der Waals surface area contributed by atoms with Gasteiger partial charge in [0.2, 0.25) is 6.79 Å². The van der Waals surface area contributed by atoms with Crippen LogP contribution in [0.2, 0.25) is 0 Å². The number of nitrogens with one attached hydrogen (secondary N) is 1.